The highest BCUT2D eigenvalue weighted by molar-refractivity contribution is 7.90. The Kier molecular flexibility index (Phi) is 4.34. The molecule has 24 heavy (non-hydrogen) atoms. The normalized spacial score (nSPS) is 14.3. The molecule has 0 aliphatic carbocycles. The lowest BCUT2D eigenvalue weighted by Gasteiger charge is -2.09. The number of aliphatic imine (C=N–C) groups is 1. The van der Waals surface area contributed by atoms with Crippen molar-refractivity contribution in [3.05, 3.63) is 41.8 Å². The molecule has 8 nitrogen and oxygen atoms in total. The quantitative estimate of drug-likeness (QED) is 0.873. The summed E-state index contributed by atoms with van der Waals surface area (Å²) in [6.07, 6.45) is 1.45. The molecule has 3 rings (SSSR count). The molecule has 0 unspecified atom stereocenters. The van der Waals surface area contributed by atoms with E-state index in [2.05, 4.69) is 20.2 Å². The summed E-state index contributed by atoms with van der Waals surface area (Å²) in [4.78, 5) is 16.2. The zero-order valence-electron chi connectivity index (χ0n) is 12.9. The van der Waals surface area contributed by atoms with Gasteiger partial charge in [0.2, 0.25) is 0 Å². The van der Waals surface area contributed by atoms with Gasteiger partial charge < -0.3 is 9.84 Å². The van der Waals surface area contributed by atoms with Gasteiger partial charge in [-0.2, -0.15) is 0 Å². The standard InChI is InChI=1S/C15H16N4O4S/c1-10-8-13(18-23-10)15(20)17-11-4-2-5-12(9-11)24(21,22)19-14-6-3-7-16-14/h2,4-5,8-9H,3,6-7H2,1H3,(H,16,19)(H,17,20). The Morgan fingerprint density at radius 1 is 1.29 bits per heavy atom. The van der Waals surface area contributed by atoms with E-state index in [1.165, 1.54) is 18.2 Å². The minimum Gasteiger partial charge on any atom is -0.361 e. The largest absolute Gasteiger partial charge is 0.361 e. The van der Waals surface area contributed by atoms with Crippen LogP contribution in [0.2, 0.25) is 0 Å². The number of benzene rings is 1. The van der Waals surface area contributed by atoms with Crippen molar-refractivity contribution < 1.29 is 17.7 Å². The van der Waals surface area contributed by atoms with Gasteiger partial charge >= 0.3 is 0 Å². The van der Waals surface area contributed by atoms with E-state index in [0.29, 0.717) is 30.2 Å². The van der Waals surface area contributed by atoms with Crippen LogP contribution < -0.4 is 10.0 Å². The number of amides is 1. The zero-order valence-corrected chi connectivity index (χ0v) is 13.8. The van der Waals surface area contributed by atoms with Gasteiger partial charge in [-0.15, -0.1) is 0 Å². The maximum Gasteiger partial charge on any atom is 0.277 e. The number of aromatic nitrogens is 1. The Balaban J connectivity index is 1.77. The molecule has 1 aromatic carbocycles. The Labute approximate surface area is 139 Å². The van der Waals surface area contributed by atoms with Gasteiger partial charge in [-0.1, -0.05) is 11.2 Å². The molecule has 2 N–H and O–H groups in total. The van der Waals surface area contributed by atoms with Gasteiger partial charge in [-0.3, -0.25) is 14.5 Å². The molecule has 0 saturated heterocycles. The average molecular weight is 348 g/mol. The SMILES string of the molecule is Cc1cc(C(=O)Nc2cccc(S(=O)(=O)NC3=NCCC3)c2)no1. The Hall–Kier alpha value is -2.68. The van der Waals surface area contributed by atoms with Crippen LogP contribution in [-0.4, -0.2) is 31.9 Å². The zero-order chi connectivity index (χ0) is 17.2. The van der Waals surface area contributed by atoms with Gasteiger partial charge in [0.25, 0.3) is 15.9 Å². The number of carbonyl (C=O) groups is 1. The fourth-order valence-electron chi connectivity index (χ4n) is 2.25. The smallest absolute Gasteiger partial charge is 0.277 e. The van der Waals surface area contributed by atoms with Gasteiger partial charge in [0.05, 0.1) is 4.90 Å². The van der Waals surface area contributed by atoms with E-state index in [-0.39, 0.29) is 10.6 Å². The molecule has 0 saturated carbocycles. The number of hydrogen-bond donors (Lipinski definition) is 2. The number of aryl methyl sites for hydroxylation is 1. The van der Waals surface area contributed by atoms with Gasteiger partial charge in [0, 0.05) is 24.7 Å². The third-order valence-corrected chi connectivity index (χ3v) is 4.77. The lowest BCUT2D eigenvalue weighted by Crippen LogP contribution is -2.29. The first-order valence-electron chi connectivity index (χ1n) is 7.35. The van der Waals surface area contributed by atoms with Crippen LogP contribution in [0.1, 0.15) is 29.1 Å². The van der Waals surface area contributed by atoms with Crippen molar-refractivity contribution in [2.75, 3.05) is 11.9 Å². The molecular formula is C15H16N4O4S. The summed E-state index contributed by atoms with van der Waals surface area (Å²) < 4.78 is 32.0. The molecule has 0 bridgehead atoms. The van der Waals surface area contributed by atoms with Crippen molar-refractivity contribution in [2.45, 2.75) is 24.7 Å². The number of carbonyl (C=O) groups excluding carboxylic acids is 1. The second-order valence-electron chi connectivity index (χ2n) is 5.34. The minimum atomic E-state index is -3.73. The van der Waals surface area contributed by atoms with E-state index in [1.807, 2.05) is 0 Å². The lowest BCUT2D eigenvalue weighted by atomic mass is 10.3. The van der Waals surface area contributed by atoms with E-state index in [4.69, 9.17) is 4.52 Å². The number of amidine groups is 1. The number of anilines is 1. The second kappa shape index (κ2) is 6.44. The third kappa shape index (κ3) is 3.62. The summed E-state index contributed by atoms with van der Waals surface area (Å²) in [5, 5.41) is 6.21. The van der Waals surface area contributed by atoms with E-state index in [9.17, 15) is 13.2 Å². The molecule has 2 aromatic rings. The number of hydrogen-bond acceptors (Lipinski definition) is 6. The molecule has 1 aromatic heterocycles. The number of sulfonamides is 1. The van der Waals surface area contributed by atoms with Crippen molar-refractivity contribution in [3.8, 4) is 0 Å². The van der Waals surface area contributed by atoms with Gasteiger partial charge in [0.1, 0.15) is 11.6 Å². The van der Waals surface area contributed by atoms with Crippen molar-refractivity contribution >= 4 is 27.5 Å². The number of rotatable bonds is 4. The third-order valence-electron chi connectivity index (χ3n) is 3.39. The van der Waals surface area contributed by atoms with Crippen LogP contribution in [0.5, 0.6) is 0 Å². The van der Waals surface area contributed by atoms with Crippen molar-refractivity contribution in [1.29, 1.82) is 0 Å². The predicted molar refractivity (Wildman–Crippen MR) is 87.5 cm³/mol. The van der Waals surface area contributed by atoms with Crippen LogP contribution in [0.3, 0.4) is 0 Å². The summed E-state index contributed by atoms with van der Waals surface area (Å²) in [6.45, 7) is 2.31. The van der Waals surface area contributed by atoms with Gasteiger partial charge in [-0.05, 0) is 31.5 Å². The number of nitrogens with one attached hydrogen (secondary N) is 2. The van der Waals surface area contributed by atoms with Crippen LogP contribution >= 0.6 is 0 Å². The van der Waals surface area contributed by atoms with Crippen molar-refractivity contribution in [1.82, 2.24) is 9.88 Å². The van der Waals surface area contributed by atoms with Crippen molar-refractivity contribution in [3.63, 3.8) is 0 Å². The summed E-state index contributed by atoms with van der Waals surface area (Å²) in [6, 6.07) is 7.47. The highest BCUT2D eigenvalue weighted by atomic mass is 32.2. The second-order valence-corrected chi connectivity index (χ2v) is 7.02. The van der Waals surface area contributed by atoms with Crippen LogP contribution in [0.15, 0.2) is 44.7 Å². The highest BCUT2D eigenvalue weighted by Gasteiger charge is 2.19. The van der Waals surface area contributed by atoms with Crippen LogP contribution in [0.4, 0.5) is 5.69 Å². The molecule has 0 radical (unpaired) electrons. The molecule has 2 heterocycles. The van der Waals surface area contributed by atoms with Crippen molar-refractivity contribution in [2.24, 2.45) is 4.99 Å². The van der Waals surface area contributed by atoms with Gasteiger partial charge in [-0.25, -0.2) is 8.42 Å². The van der Waals surface area contributed by atoms with E-state index in [1.54, 1.807) is 19.1 Å². The minimum absolute atomic E-state index is 0.0474. The topological polar surface area (TPSA) is 114 Å². The highest BCUT2D eigenvalue weighted by Crippen LogP contribution is 2.17. The first kappa shape index (κ1) is 16.2. The Morgan fingerprint density at radius 2 is 2.12 bits per heavy atom. The molecule has 1 amide bonds. The molecule has 0 fully saturated rings. The Morgan fingerprint density at radius 3 is 2.79 bits per heavy atom. The average Bonchev–Trinajstić information content (AvgIpc) is 3.19. The predicted octanol–water partition coefficient (Wildman–Crippen LogP) is 1.71. The first-order chi connectivity index (χ1) is 11.4. The Bertz CT molecular complexity index is 902. The maximum absolute atomic E-state index is 12.4. The monoisotopic (exact) mass is 348 g/mol. The maximum atomic E-state index is 12.4. The van der Waals surface area contributed by atoms with E-state index < -0.39 is 15.9 Å². The van der Waals surface area contributed by atoms with Crippen LogP contribution in [-0.2, 0) is 10.0 Å². The fourth-order valence-corrected chi connectivity index (χ4v) is 3.38. The molecule has 9 heteroatoms. The lowest BCUT2D eigenvalue weighted by molar-refractivity contribution is 0.101. The summed E-state index contributed by atoms with van der Waals surface area (Å²) in [5.74, 6) is 0.495. The van der Waals surface area contributed by atoms with Crippen LogP contribution in [0, 0.1) is 6.92 Å². The fraction of sp³-hybridized carbons (Fsp3) is 0.267. The summed E-state index contributed by atoms with van der Waals surface area (Å²) in [5.41, 5.74) is 0.469. The molecule has 1 aliphatic rings. The molecule has 0 spiro atoms. The molecule has 0 atom stereocenters. The summed E-state index contributed by atoms with van der Waals surface area (Å²) >= 11 is 0. The first-order valence-corrected chi connectivity index (χ1v) is 8.83. The van der Waals surface area contributed by atoms with E-state index in [0.717, 1.165) is 6.42 Å². The van der Waals surface area contributed by atoms with Crippen LogP contribution in [0.25, 0.3) is 0 Å². The summed E-state index contributed by atoms with van der Waals surface area (Å²) in [7, 11) is -3.73. The van der Waals surface area contributed by atoms with Gasteiger partial charge in [0.15, 0.2) is 5.69 Å². The molecule has 126 valence electrons. The molecular weight excluding hydrogens is 332 g/mol. The van der Waals surface area contributed by atoms with E-state index >= 15 is 0 Å². The number of nitrogens with zero attached hydrogens (tertiary/aromatic N) is 2. The molecule has 1 aliphatic heterocycles.